The van der Waals surface area contributed by atoms with E-state index in [0.717, 1.165) is 24.3 Å². The minimum absolute atomic E-state index is 0.0320. The first-order valence-electron chi connectivity index (χ1n) is 7.31. The number of carbonyl (C=O) groups excluding carboxylic acids is 1. The fourth-order valence-electron chi connectivity index (χ4n) is 2.05. The van der Waals surface area contributed by atoms with Crippen molar-refractivity contribution in [3.05, 3.63) is 29.8 Å². The normalized spacial score (nSPS) is 12.3. The van der Waals surface area contributed by atoms with E-state index in [0.29, 0.717) is 5.92 Å². The summed E-state index contributed by atoms with van der Waals surface area (Å²) in [5, 5.41) is 6.18. The summed E-state index contributed by atoms with van der Waals surface area (Å²) in [4.78, 5) is 14.1. The standard InChI is InChI=1S/C16H27N3O/c1-6-19(11-12(2)3)16(20)18-15-9-7-8-14(10-15)13(4)17-5/h7-10,12-13,17H,6,11H2,1-5H3,(H,18,20). The molecule has 0 aliphatic rings. The van der Waals surface area contributed by atoms with Crippen molar-refractivity contribution in [1.82, 2.24) is 10.2 Å². The smallest absolute Gasteiger partial charge is 0.321 e. The van der Waals surface area contributed by atoms with E-state index < -0.39 is 0 Å². The molecule has 0 aliphatic carbocycles. The Kier molecular flexibility index (Phi) is 6.52. The van der Waals surface area contributed by atoms with E-state index in [2.05, 4.69) is 37.5 Å². The third-order valence-electron chi connectivity index (χ3n) is 3.33. The van der Waals surface area contributed by atoms with Crippen LogP contribution in [-0.2, 0) is 0 Å². The van der Waals surface area contributed by atoms with Crippen molar-refractivity contribution in [2.45, 2.75) is 33.7 Å². The zero-order valence-electron chi connectivity index (χ0n) is 13.2. The Morgan fingerprint density at radius 2 is 2.00 bits per heavy atom. The molecule has 0 fully saturated rings. The maximum Gasteiger partial charge on any atom is 0.321 e. The first-order valence-corrected chi connectivity index (χ1v) is 7.31. The highest BCUT2D eigenvalue weighted by Gasteiger charge is 2.13. The van der Waals surface area contributed by atoms with Crippen LogP contribution in [0.2, 0.25) is 0 Å². The van der Waals surface area contributed by atoms with Gasteiger partial charge in [0.15, 0.2) is 0 Å². The molecule has 4 nitrogen and oxygen atoms in total. The number of hydrogen-bond donors (Lipinski definition) is 2. The number of amides is 2. The second kappa shape index (κ2) is 7.90. The lowest BCUT2D eigenvalue weighted by Crippen LogP contribution is -2.37. The molecular weight excluding hydrogens is 250 g/mol. The summed E-state index contributed by atoms with van der Waals surface area (Å²) in [6, 6.07) is 8.20. The molecule has 1 aromatic rings. The molecule has 0 spiro atoms. The minimum Gasteiger partial charge on any atom is -0.325 e. The Labute approximate surface area is 122 Å². The van der Waals surface area contributed by atoms with E-state index in [1.54, 1.807) is 0 Å². The van der Waals surface area contributed by atoms with Gasteiger partial charge in [0.05, 0.1) is 0 Å². The molecule has 0 bridgehead atoms. The summed E-state index contributed by atoms with van der Waals surface area (Å²) < 4.78 is 0. The maximum absolute atomic E-state index is 12.2. The van der Waals surface area contributed by atoms with Crippen molar-refractivity contribution in [2.24, 2.45) is 5.92 Å². The molecule has 112 valence electrons. The van der Waals surface area contributed by atoms with Crippen molar-refractivity contribution in [3.8, 4) is 0 Å². The van der Waals surface area contributed by atoms with Crippen molar-refractivity contribution in [1.29, 1.82) is 0 Å². The molecule has 0 radical (unpaired) electrons. The Morgan fingerprint density at radius 1 is 1.30 bits per heavy atom. The zero-order valence-corrected chi connectivity index (χ0v) is 13.2. The molecule has 1 atom stereocenters. The van der Waals surface area contributed by atoms with E-state index in [9.17, 15) is 4.79 Å². The van der Waals surface area contributed by atoms with Crippen LogP contribution in [-0.4, -0.2) is 31.1 Å². The van der Waals surface area contributed by atoms with Crippen LogP contribution in [0.4, 0.5) is 10.5 Å². The quantitative estimate of drug-likeness (QED) is 0.836. The van der Waals surface area contributed by atoms with Crippen LogP contribution in [0, 0.1) is 5.92 Å². The molecule has 0 aliphatic heterocycles. The number of rotatable bonds is 6. The fraction of sp³-hybridized carbons (Fsp3) is 0.562. The second-order valence-corrected chi connectivity index (χ2v) is 5.50. The maximum atomic E-state index is 12.2. The molecule has 20 heavy (non-hydrogen) atoms. The van der Waals surface area contributed by atoms with Crippen molar-refractivity contribution in [2.75, 3.05) is 25.5 Å². The van der Waals surface area contributed by atoms with Crippen LogP contribution in [0.3, 0.4) is 0 Å². The Hall–Kier alpha value is -1.55. The number of hydrogen-bond acceptors (Lipinski definition) is 2. The highest BCUT2D eigenvalue weighted by atomic mass is 16.2. The molecular formula is C16H27N3O. The van der Waals surface area contributed by atoms with Gasteiger partial charge in [0, 0.05) is 24.8 Å². The first-order chi connectivity index (χ1) is 9.47. The van der Waals surface area contributed by atoms with Gasteiger partial charge in [-0.05, 0) is 44.5 Å². The summed E-state index contributed by atoms with van der Waals surface area (Å²) in [7, 11) is 1.93. The fourth-order valence-corrected chi connectivity index (χ4v) is 2.05. The predicted octanol–water partition coefficient (Wildman–Crippen LogP) is 3.48. The monoisotopic (exact) mass is 277 g/mol. The van der Waals surface area contributed by atoms with E-state index >= 15 is 0 Å². The molecule has 0 saturated heterocycles. The van der Waals surface area contributed by atoms with Gasteiger partial charge >= 0.3 is 6.03 Å². The Bertz CT molecular complexity index is 431. The minimum atomic E-state index is -0.0320. The Morgan fingerprint density at radius 3 is 2.55 bits per heavy atom. The van der Waals surface area contributed by atoms with Gasteiger partial charge < -0.3 is 15.5 Å². The van der Waals surface area contributed by atoms with Gasteiger partial charge in [0.1, 0.15) is 0 Å². The van der Waals surface area contributed by atoms with E-state index in [4.69, 9.17) is 0 Å². The highest BCUT2D eigenvalue weighted by Crippen LogP contribution is 2.17. The molecule has 1 rings (SSSR count). The summed E-state index contributed by atoms with van der Waals surface area (Å²) >= 11 is 0. The molecule has 2 N–H and O–H groups in total. The summed E-state index contributed by atoms with van der Waals surface area (Å²) in [5.74, 6) is 0.469. The van der Waals surface area contributed by atoms with Crippen molar-refractivity contribution < 1.29 is 4.79 Å². The Balaban J connectivity index is 2.74. The number of nitrogens with zero attached hydrogens (tertiary/aromatic N) is 1. The van der Waals surface area contributed by atoms with E-state index in [1.807, 2.05) is 37.1 Å². The van der Waals surface area contributed by atoms with Crippen LogP contribution in [0.15, 0.2) is 24.3 Å². The third-order valence-corrected chi connectivity index (χ3v) is 3.33. The van der Waals surface area contributed by atoms with Crippen molar-refractivity contribution >= 4 is 11.7 Å². The molecule has 0 aromatic heterocycles. The van der Waals surface area contributed by atoms with Gasteiger partial charge in [-0.25, -0.2) is 4.79 Å². The van der Waals surface area contributed by atoms with Crippen LogP contribution in [0.5, 0.6) is 0 Å². The van der Waals surface area contributed by atoms with E-state index in [-0.39, 0.29) is 12.1 Å². The molecule has 1 aromatic carbocycles. The summed E-state index contributed by atoms with van der Waals surface area (Å²) in [6.45, 7) is 9.82. The number of benzene rings is 1. The predicted molar refractivity (Wildman–Crippen MR) is 85.0 cm³/mol. The van der Waals surface area contributed by atoms with Crippen LogP contribution in [0.1, 0.15) is 39.3 Å². The van der Waals surface area contributed by atoms with Gasteiger partial charge in [-0.3, -0.25) is 0 Å². The third kappa shape index (κ3) is 4.85. The molecule has 1 unspecified atom stereocenters. The van der Waals surface area contributed by atoms with E-state index in [1.165, 1.54) is 0 Å². The van der Waals surface area contributed by atoms with Gasteiger partial charge in [-0.15, -0.1) is 0 Å². The lowest BCUT2D eigenvalue weighted by atomic mass is 10.1. The van der Waals surface area contributed by atoms with Crippen molar-refractivity contribution in [3.63, 3.8) is 0 Å². The summed E-state index contributed by atoms with van der Waals surface area (Å²) in [6.07, 6.45) is 0. The molecule has 0 saturated carbocycles. The largest absolute Gasteiger partial charge is 0.325 e. The van der Waals surface area contributed by atoms with Crippen LogP contribution < -0.4 is 10.6 Å². The van der Waals surface area contributed by atoms with Gasteiger partial charge in [0.25, 0.3) is 0 Å². The number of anilines is 1. The average Bonchev–Trinajstić information content (AvgIpc) is 2.43. The second-order valence-electron chi connectivity index (χ2n) is 5.50. The molecule has 2 amide bonds. The van der Waals surface area contributed by atoms with Crippen LogP contribution >= 0.6 is 0 Å². The number of nitrogens with one attached hydrogen (secondary N) is 2. The first kappa shape index (κ1) is 16.5. The van der Waals surface area contributed by atoms with Crippen LogP contribution in [0.25, 0.3) is 0 Å². The van der Waals surface area contributed by atoms with Gasteiger partial charge in [-0.2, -0.15) is 0 Å². The lowest BCUT2D eigenvalue weighted by Gasteiger charge is -2.23. The average molecular weight is 277 g/mol. The number of urea groups is 1. The molecule has 0 heterocycles. The number of carbonyl (C=O) groups is 1. The topological polar surface area (TPSA) is 44.4 Å². The summed E-state index contributed by atoms with van der Waals surface area (Å²) in [5.41, 5.74) is 2.01. The zero-order chi connectivity index (χ0) is 15.1. The molecule has 4 heteroatoms. The van der Waals surface area contributed by atoms with Gasteiger partial charge in [-0.1, -0.05) is 26.0 Å². The van der Waals surface area contributed by atoms with Gasteiger partial charge in [0.2, 0.25) is 0 Å². The SMILES string of the molecule is CCN(CC(C)C)C(=O)Nc1cccc(C(C)NC)c1. The lowest BCUT2D eigenvalue weighted by molar-refractivity contribution is 0.208. The highest BCUT2D eigenvalue weighted by molar-refractivity contribution is 5.89.